The lowest BCUT2D eigenvalue weighted by Gasteiger charge is -2.53. The second-order valence-corrected chi connectivity index (χ2v) is 16.0. The molecule has 2 aromatic rings. The smallest absolute Gasteiger partial charge is 0.307 e. The first kappa shape index (κ1) is 31.9. The Bertz CT molecular complexity index is 1380. The van der Waals surface area contributed by atoms with Gasteiger partial charge in [-0.1, -0.05) is 60.5 Å². The lowest BCUT2D eigenvalue weighted by molar-refractivity contribution is -0.156. The first-order valence-electron chi connectivity index (χ1n) is 13.8. The highest BCUT2D eigenvalue weighted by atomic mass is 35.5. The van der Waals surface area contributed by atoms with E-state index in [4.69, 9.17) is 23.2 Å². The summed E-state index contributed by atoms with van der Waals surface area (Å²) < 4.78 is 54.7. The number of rotatable bonds is 10. The molecule has 2 unspecified atom stereocenters. The summed E-state index contributed by atoms with van der Waals surface area (Å²) in [4.78, 5) is 16.3. The van der Waals surface area contributed by atoms with Crippen LogP contribution in [0.15, 0.2) is 61.2 Å². The van der Waals surface area contributed by atoms with Crippen LogP contribution in [0.5, 0.6) is 0 Å². The Kier molecular flexibility index (Phi) is 9.30. The molecule has 1 amide bonds. The van der Waals surface area contributed by atoms with Crippen LogP contribution in [0.3, 0.4) is 0 Å². The Morgan fingerprint density at radius 2 is 1.73 bits per heavy atom. The highest BCUT2D eigenvalue weighted by Crippen LogP contribution is 2.54. The summed E-state index contributed by atoms with van der Waals surface area (Å²) in [6.45, 7) is 6.23. The molecule has 4 rings (SSSR count). The van der Waals surface area contributed by atoms with Gasteiger partial charge in [0.25, 0.3) is 0 Å². The fraction of sp³-hybridized carbons (Fsp3) is 0.516. The van der Waals surface area contributed by atoms with Gasteiger partial charge in [0.1, 0.15) is 0 Å². The van der Waals surface area contributed by atoms with Crippen LogP contribution >= 0.6 is 23.2 Å². The average Bonchev–Trinajstić information content (AvgIpc) is 3.72. The third-order valence-corrected chi connectivity index (χ3v) is 11.3. The van der Waals surface area contributed by atoms with Crippen molar-refractivity contribution >= 4 is 39.1 Å². The van der Waals surface area contributed by atoms with E-state index in [9.17, 15) is 22.0 Å². The molecule has 1 heterocycles. The SMILES string of the molecule is C=CC[C@@]1(C)CC(c2cccc(Cl)c2)C(c2ccc(Cl)cc2)N([C@H](CN(C(F)F)S(=O)(=O)C(C)(C)C)C2CC2)C1=O. The zero-order valence-electron chi connectivity index (χ0n) is 23.9. The van der Waals surface area contributed by atoms with E-state index < -0.39 is 45.4 Å². The highest BCUT2D eigenvalue weighted by Gasteiger charge is 2.55. The van der Waals surface area contributed by atoms with Crippen molar-refractivity contribution in [1.29, 1.82) is 0 Å². The van der Waals surface area contributed by atoms with Crippen molar-refractivity contribution < 1.29 is 22.0 Å². The average molecular weight is 628 g/mol. The van der Waals surface area contributed by atoms with Gasteiger partial charge in [-0.2, -0.15) is 8.78 Å². The number of carbonyl (C=O) groups is 1. The van der Waals surface area contributed by atoms with Crippen LogP contribution in [0.25, 0.3) is 0 Å². The summed E-state index contributed by atoms with van der Waals surface area (Å²) >= 11 is 12.7. The molecule has 10 heteroatoms. The van der Waals surface area contributed by atoms with Gasteiger partial charge in [-0.15, -0.1) is 10.9 Å². The van der Waals surface area contributed by atoms with Crippen molar-refractivity contribution in [1.82, 2.24) is 9.21 Å². The number of benzene rings is 2. The zero-order valence-corrected chi connectivity index (χ0v) is 26.2. The monoisotopic (exact) mass is 626 g/mol. The summed E-state index contributed by atoms with van der Waals surface area (Å²) in [6, 6.07) is 13.3. The molecular formula is C31H38Cl2F2N2O3S. The third-order valence-electron chi connectivity index (χ3n) is 8.38. The third kappa shape index (κ3) is 6.51. The molecule has 0 N–H and O–H groups in total. The number of hydrogen-bond acceptors (Lipinski definition) is 3. The minimum atomic E-state index is -4.40. The first-order chi connectivity index (χ1) is 19.1. The number of alkyl halides is 2. The van der Waals surface area contributed by atoms with Crippen molar-refractivity contribution in [3.8, 4) is 0 Å². The molecule has 5 nitrogen and oxygen atoms in total. The number of sulfonamides is 1. The minimum Gasteiger partial charge on any atom is -0.330 e. The van der Waals surface area contributed by atoms with Crippen molar-refractivity contribution in [2.24, 2.45) is 11.3 Å². The maximum atomic E-state index is 14.6. The van der Waals surface area contributed by atoms with Gasteiger partial charge in [-0.3, -0.25) is 4.79 Å². The van der Waals surface area contributed by atoms with Gasteiger partial charge >= 0.3 is 6.55 Å². The van der Waals surface area contributed by atoms with E-state index in [0.29, 0.717) is 35.7 Å². The molecule has 2 fully saturated rings. The fourth-order valence-electron chi connectivity index (χ4n) is 6.02. The van der Waals surface area contributed by atoms with E-state index >= 15 is 0 Å². The number of carbonyl (C=O) groups excluding carboxylic acids is 1. The summed E-state index contributed by atoms with van der Waals surface area (Å²) in [6.07, 6.45) is 3.99. The molecule has 2 aliphatic rings. The Morgan fingerprint density at radius 1 is 1.10 bits per heavy atom. The Labute approximate surface area is 252 Å². The molecule has 1 saturated heterocycles. The van der Waals surface area contributed by atoms with Crippen LogP contribution in [0, 0.1) is 11.3 Å². The van der Waals surface area contributed by atoms with Gasteiger partial charge in [0.05, 0.1) is 16.2 Å². The number of halogens is 4. The number of nitrogens with zero attached hydrogens (tertiary/aromatic N) is 2. The van der Waals surface area contributed by atoms with Gasteiger partial charge in [-0.25, -0.2) is 8.42 Å². The Balaban J connectivity index is 1.93. The van der Waals surface area contributed by atoms with Gasteiger partial charge in [0.2, 0.25) is 15.9 Å². The molecule has 41 heavy (non-hydrogen) atoms. The van der Waals surface area contributed by atoms with E-state index in [1.54, 1.807) is 29.2 Å². The standard InChI is InChI=1S/C31H38Cl2F2N2O3S/c1-6-16-31(5)18-25(22-8-7-9-24(33)17-22)27(21-12-14-23(32)15-13-21)37(28(31)38)26(20-10-11-20)19-36(29(34)35)41(39,40)30(2,3)4/h6-9,12-15,17,20,25-27,29H,1,10-11,16,18-19H2,2-5H3/t25?,26-,27?,31+/m1/s1. The van der Waals surface area contributed by atoms with Crippen molar-refractivity contribution in [3.05, 3.63) is 82.4 Å². The molecule has 0 bridgehead atoms. The molecule has 0 radical (unpaired) electrons. The van der Waals surface area contributed by atoms with E-state index in [-0.39, 0.29) is 22.0 Å². The van der Waals surface area contributed by atoms with Crippen LogP contribution in [0.4, 0.5) is 8.78 Å². The first-order valence-corrected chi connectivity index (χ1v) is 16.0. The van der Waals surface area contributed by atoms with Crippen LogP contribution in [-0.4, -0.2) is 47.4 Å². The predicted octanol–water partition coefficient (Wildman–Crippen LogP) is 8.06. The van der Waals surface area contributed by atoms with E-state index in [2.05, 4.69) is 6.58 Å². The van der Waals surface area contributed by atoms with Crippen LogP contribution in [0.2, 0.25) is 10.0 Å². The molecule has 1 aliphatic carbocycles. The van der Waals surface area contributed by atoms with Gasteiger partial charge in [-0.05, 0) is 87.8 Å². The maximum Gasteiger partial charge on any atom is 0.307 e. The molecule has 1 aliphatic heterocycles. The predicted molar refractivity (Wildman–Crippen MR) is 161 cm³/mol. The van der Waals surface area contributed by atoms with Gasteiger partial charge in [0, 0.05) is 28.5 Å². The normalized spacial score (nSPS) is 24.6. The molecule has 0 spiro atoms. The lowest BCUT2D eigenvalue weighted by atomic mass is 9.67. The van der Waals surface area contributed by atoms with Gasteiger partial charge < -0.3 is 4.90 Å². The van der Waals surface area contributed by atoms with Crippen LogP contribution in [-0.2, 0) is 14.8 Å². The summed E-state index contributed by atoms with van der Waals surface area (Å²) in [5, 5.41) is 1.07. The maximum absolute atomic E-state index is 14.6. The van der Waals surface area contributed by atoms with E-state index in [1.807, 2.05) is 37.3 Å². The lowest BCUT2D eigenvalue weighted by Crippen LogP contribution is -2.60. The number of amides is 1. The molecule has 224 valence electrons. The second-order valence-electron chi connectivity index (χ2n) is 12.5. The van der Waals surface area contributed by atoms with Crippen molar-refractivity contribution in [3.63, 3.8) is 0 Å². The minimum absolute atomic E-state index is 0.115. The van der Waals surface area contributed by atoms with Crippen LogP contribution < -0.4 is 0 Å². The number of hydrogen-bond donors (Lipinski definition) is 0. The summed E-state index contributed by atoms with van der Waals surface area (Å²) in [7, 11) is -4.40. The van der Waals surface area contributed by atoms with Crippen molar-refractivity contribution in [2.45, 2.75) is 82.7 Å². The quantitative estimate of drug-likeness (QED) is 0.198. The number of piperidine rings is 1. The summed E-state index contributed by atoms with van der Waals surface area (Å²) in [5.41, 5.74) is 0.817. The Morgan fingerprint density at radius 3 is 2.24 bits per heavy atom. The van der Waals surface area contributed by atoms with Gasteiger partial charge in [0.15, 0.2) is 0 Å². The van der Waals surface area contributed by atoms with E-state index in [0.717, 1.165) is 11.1 Å². The fourth-order valence-corrected chi connectivity index (χ4v) is 7.60. The topological polar surface area (TPSA) is 57.7 Å². The summed E-state index contributed by atoms with van der Waals surface area (Å²) in [5.74, 6) is -0.566. The molecular weight excluding hydrogens is 589 g/mol. The molecule has 4 atom stereocenters. The highest BCUT2D eigenvalue weighted by molar-refractivity contribution is 7.90. The Hall–Kier alpha value is -2.00. The molecule has 1 saturated carbocycles. The second kappa shape index (κ2) is 11.9. The number of allylic oxidation sites excluding steroid dienone is 1. The largest absolute Gasteiger partial charge is 0.330 e. The molecule has 2 aromatic carbocycles. The number of likely N-dealkylation sites (tertiary alicyclic amines) is 1. The molecule has 0 aromatic heterocycles. The van der Waals surface area contributed by atoms with Crippen molar-refractivity contribution in [2.75, 3.05) is 6.54 Å². The zero-order chi connectivity index (χ0) is 30.3. The van der Waals surface area contributed by atoms with E-state index in [1.165, 1.54) is 20.8 Å². The van der Waals surface area contributed by atoms with Crippen LogP contribution in [0.1, 0.15) is 76.5 Å².